The molecule has 2 N–H and O–H groups in total. The highest BCUT2D eigenvalue weighted by Crippen LogP contribution is 2.28. The Bertz CT molecular complexity index is 415. The molecule has 3 aliphatic heterocycles. The number of urea groups is 1. The summed E-state index contributed by atoms with van der Waals surface area (Å²) >= 11 is 0. The maximum absolute atomic E-state index is 12.5. The van der Waals surface area contributed by atoms with Crippen LogP contribution in [-0.4, -0.2) is 64.7 Å². The summed E-state index contributed by atoms with van der Waals surface area (Å²) in [6.07, 6.45) is 6.71. The Hall–Kier alpha value is -1.30. The molecule has 0 spiro atoms. The molecular weight excluding hydrogens is 270 g/mol. The van der Waals surface area contributed by atoms with E-state index in [1.54, 1.807) is 4.90 Å². The van der Waals surface area contributed by atoms with Crippen molar-refractivity contribution in [2.24, 2.45) is 0 Å². The van der Waals surface area contributed by atoms with E-state index in [4.69, 9.17) is 0 Å². The van der Waals surface area contributed by atoms with Crippen LogP contribution >= 0.6 is 0 Å². The maximum atomic E-state index is 12.5. The lowest BCUT2D eigenvalue weighted by Crippen LogP contribution is -2.53. The van der Waals surface area contributed by atoms with Crippen molar-refractivity contribution >= 4 is 12.0 Å². The molecule has 0 bridgehead atoms. The van der Waals surface area contributed by atoms with Crippen LogP contribution in [-0.2, 0) is 4.79 Å². The predicted molar refractivity (Wildman–Crippen MR) is 78.1 cm³/mol. The number of carbonyl (C=O) groups excluding carboxylic acids is 1. The van der Waals surface area contributed by atoms with Gasteiger partial charge < -0.3 is 15.3 Å². The zero-order valence-electron chi connectivity index (χ0n) is 12.5. The predicted octanol–water partition coefficient (Wildman–Crippen LogP) is 1.26. The van der Waals surface area contributed by atoms with E-state index >= 15 is 0 Å². The fourth-order valence-corrected chi connectivity index (χ4v) is 4.10. The van der Waals surface area contributed by atoms with E-state index in [-0.39, 0.29) is 12.1 Å². The van der Waals surface area contributed by atoms with Gasteiger partial charge in [-0.25, -0.2) is 9.59 Å². The third kappa shape index (κ3) is 3.00. The number of carbonyl (C=O) groups is 2. The van der Waals surface area contributed by atoms with Crippen molar-refractivity contribution in [1.29, 1.82) is 0 Å². The number of fused-ring (bicyclic) bond motifs is 1. The van der Waals surface area contributed by atoms with Gasteiger partial charge in [0.1, 0.15) is 6.04 Å². The molecule has 2 amide bonds. The number of nitrogens with one attached hydrogen (secondary N) is 1. The first-order valence-corrected chi connectivity index (χ1v) is 8.21. The average Bonchev–Trinajstić information content (AvgIpc) is 2.95. The summed E-state index contributed by atoms with van der Waals surface area (Å²) < 4.78 is 0. The molecule has 0 aliphatic carbocycles. The lowest BCUT2D eigenvalue weighted by molar-refractivity contribution is -0.142. The molecule has 21 heavy (non-hydrogen) atoms. The number of carboxylic acid groups (broad SMARTS) is 1. The van der Waals surface area contributed by atoms with Crippen molar-refractivity contribution in [1.82, 2.24) is 15.1 Å². The van der Waals surface area contributed by atoms with E-state index in [2.05, 4.69) is 10.2 Å². The molecule has 3 aliphatic rings. The van der Waals surface area contributed by atoms with Crippen molar-refractivity contribution in [3.8, 4) is 0 Å². The van der Waals surface area contributed by atoms with Gasteiger partial charge >= 0.3 is 12.0 Å². The van der Waals surface area contributed by atoms with E-state index in [0.717, 1.165) is 45.2 Å². The fourth-order valence-electron chi connectivity index (χ4n) is 4.10. The summed E-state index contributed by atoms with van der Waals surface area (Å²) in [6, 6.07) is -0.182. The van der Waals surface area contributed by atoms with E-state index in [1.165, 1.54) is 6.42 Å². The van der Waals surface area contributed by atoms with Crippen molar-refractivity contribution in [2.75, 3.05) is 19.6 Å². The number of hydrogen-bond acceptors (Lipinski definition) is 3. The van der Waals surface area contributed by atoms with Crippen LogP contribution in [0.25, 0.3) is 0 Å². The van der Waals surface area contributed by atoms with Crippen molar-refractivity contribution in [3.63, 3.8) is 0 Å². The number of hydrogen-bond donors (Lipinski definition) is 2. The third-order valence-electron chi connectivity index (χ3n) is 5.21. The first-order chi connectivity index (χ1) is 10.2. The summed E-state index contributed by atoms with van der Waals surface area (Å²) in [5, 5.41) is 12.5. The van der Waals surface area contributed by atoms with Crippen LogP contribution in [0.5, 0.6) is 0 Å². The Morgan fingerprint density at radius 3 is 2.62 bits per heavy atom. The van der Waals surface area contributed by atoms with Gasteiger partial charge in [0.2, 0.25) is 0 Å². The largest absolute Gasteiger partial charge is 0.480 e. The van der Waals surface area contributed by atoms with Crippen LogP contribution in [0.4, 0.5) is 4.79 Å². The Kier molecular flexibility index (Phi) is 4.33. The number of nitrogens with zero attached hydrogens (tertiary/aromatic N) is 2. The van der Waals surface area contributed by atoms with Gasteiger partial charge in [0.25, 0.3) is 0 Å². The number of amides is 2. The second-order valence-corrected chi connectivity index (χ2v) is 6.49. The molecule has 6 heteroatoms. The molecule has 0 aromatic rings. The molecule has 3 saturated heterocycles. The van der Waals surface area contributed by atoms with Gasteiger partial charge in [-0.1, -0.05) is 12.8 Å². The molecule has 6 nitrogen and oxygen atoms in total. The van der Waals surface area contributed by atoms with Crippen LogP contribution in [0.2, 0.25) is 0 Å². The van der Waals surface area contributed by atoms with E-state index in [1.807, 2.05) is 0 Å². The SMILES string of the molecule is O=C(O)C1CCCCCN1C(=O)NC1CCN2CCCC12. The maximum Gasteiger partial charge on any atom is 0.326 e. The quantitative estimate of drug-likeness (QED) is 0.804. The second-order valence-electron chi connectivity index (χ2n) is 6.49. The first kappa shape index (κ1) is 14.6. The topological polar surface area (TPSA) is 72.9 Å². The van der Waals surface area contributed by atoms with Crippen LogP contribution in [0.3, 0.4) is 0 Å². The Morgan fingerprint density at radius 1 is 0.952 bits per heavy atom. The summed E-state index contributed by atoms with van der Waals surface area (Å²) in [6.45, 7) is 2.75. The lowest BCUT2D eigenvalue weighted by Gasteiger charge is -2.30. The molecule has 0 radical (unpaired) electrons. The van der Waals surface area contributed by atoms with Gasteiger partial charge in [0.15, 0.2) is 0 Å². The lowest BCUT2D eigenvalue weighted by atomic mass is 10.1. The monoisotopic (exact) mass is 295 g/mol. The number of carboxylic acids is 1. The zero-order valence-corrected chi connectivity index (χ0v) is 12.5. The van der Waals surface area contributed by atoms with E-state index in [0.29, 0.717) is 19.0 Å². The smallest absolute Gasteiger partial charge is 0.326 e. The van der Waals surface area contributed by atoms with Crippen molar-refractivity contribution in [3.05, 3.63) is 0 Å². The molecule has 118 valence electrons. The minimum atomic E-state index is -0.874. The highest BCUT2D eigenvalue weighted by atomic mass is 16.4. The minimum Gasteiger partial charge on any atom is -0.480 e. The van der Waals surface area contributed by atoms with Gasteiger partial charge in [-0.05, 0) is 38.6 Å². The van der Waals surface area contributed by atoms with Crippen LogP contribution in [0, 0.1) is 0 Å². The average molecular weight is 295 g/mol. The molecule has 0 aromatic heterocycles. The Labute approximate surface area is 125 Å². The van der Waals surface area contributed by atoms with Gasteiger partial charge in [0.05, 0.1) is 0 Å². The zero-order chi connectivity index (χ0) is 14.8. The molecule has 0 saturated carbocycles. The van der Waals surface area contributed by atoms with Crippen molar-refractivity contribution in [2.45, 2.75) is 63.1 Å². The highest BCUT2D eigenvalue weighted by Gasteiger charge is 2.39. The highest BCUT2D eigenvalue weighted by molar-refractivity contribution is 5.83. The third-order valence-corrected chi connectivity index (χ3v) is 5.21. The number of likely N-dealkylation sites (tertiary alicyclic amines) is 1. The minimum absolute atomic E-state index is 0.178. The molecule has 3 unspecified atom stereocenters. The molecular formula is C15H25N3O3. The van der Waals surface area contributed by atoms with E-state index in [9.17, 15) is 14.7 Å². The fraction of sp³-hybridized carbons (Fsp3) is 0.867. The van der Waals surface area contributed by atoms with Crippen LogP contribution < -0.4 is 5.32 Å². The Balaban J connectivity index is 1.64. The molecule has 3 atom stereocenters. The van der Waals surface area contributed by atoms with E-state index < -0.39 is 12.0 Å². The summed E-state index contributed by atoms with van der Waals surface area (Å²) in [5.41, 5.74) is 0. The molecule has 3 heterocycles. The van der Waals surface area contributed by atoms with Crippen LogP contribution in [0.1, 0.15) is 44.9 Å². The summed E-state index contributed by atoms with van der Waals surface area (Å²) in [4.78, 5) is 28.0. The summed E-state index contributed by atoms with van der Waals surface area (Å²) in [5.74, 6) is -0.874. The van der Waals surface area contributed by atoms with Gasteiger partial charge in [-0.15, -0.1) is 0 Å². The number of aliphatic carboxylic acids is 1. The first-order valence-electron chi connectivity index (χ1n) is 8.21. The van der Waals surface area contributed by atoms with Crippen LogP contribution in [0.15, 0.2) is 0 Å². The van der Waals surface area contributed by atoms with Crippen molar-refractivity contribution < 1.29 is 14.7 Å². The molecule has 3 rings (SSSR count). The second kappa shape index (κ2) is 6.22. The normalized spacial score (nSPS) is 33.5. The standard InChI is InChI=1S/C15H25N3O3/c19-14(20)13-5-2-1-3-9-18(13)15(21)16-11-7-10-17-8-4-6-12(11)17/h11-13H,1-10H2,(H,16,21)(H,19,20). The Morgan fingerprint density at radius 2 is 1.81 bits per heavy atom. The number of rotatable bonds is 2. The van der Waals surface area contributed by atoms with Gasteiger partial charge in [-0.2, -0.15) is 0 Å². The molecule has 3 fully saturated rings. The summed E-state index contributed by atoms with van der Waals surface area (Å²) in [7, 11) is 0. The van der Waals surface area contributed by atoms with Gasteiger partial charge in [-0.3, -0.25) is 4.90 Å². The molecule has 0 aromatic carbocycles. The van der Waals surface area contributed by atoms with Gasteiger partial charge in [0, 0.05) is 25.2 Å².